The SMILES string of the molecule is Brc1cccnc1NCC1CC1. The van der Waals surface area contributed by atoms with Crippen molar-refractivity contribution in [2.24, 2.45) is 5.92 Å². The monoisotopic (exact) mass is 226 g/mol. The average Bonchev–Trinajstić information content (AvgIpc) is 2.86. The van der Waals surface area contributed by atoms with E-state index in [2.05, 4.69) is 26.2 Å². The molecule has 3 heteroatoms. The number of rotatable bonds is 3. The molecule has 1 saturated carbocycles. The molecule has 12 heavy (non-hydrogen) atoms. The van der Waals surface area contributed by atoms with Gasteiger partial charge in [0.1, 0.15) is 5.82 Å². The van der Waals surface area contributed by atoms with E-state index in [0.717, 1.165) is 22.8 Å². The maximum absolute atomic E-state index is 4.22. The van der Waals surface area contributed by atoms with Crippen LogP contribution >= 0.6 is 15.9 Å². The zero-order valence-corrected chi connectivity index (χ0v) is 8.34. The first kappa shape index (κ1) is 8.05. The largest absolute Gasteiger partial charge is 0.369 e. The summed E-state index contributed by atoms with van der Waals surface area (Å²) < 4.78 is 1.05. The molecule has 0 aliphatic heterocycles. The standard InChI is InChI=1S/C9H11BrN2/c10-8-2-1-5-11-9(8)12-6-7-3-4-7/h1-2,5,7H,3-4,6H2,(H,11,12). The van der Waals surface area contributed by atoms with Crippen molar-refractivity contribution in [2.75, 3.05) is 11.9 Å². The third kappa shape index (κ3) is 1.97. The van der Waals surface area contributed by atoms with Gasteiger partial charge in [0.05, 0.1) is 4.47 Å². The number of aromatic nitrogens is 1. The molecule has 0 aromatic carbocycles. The van der Waals surface area contributed by atoms with E-state index in [1.54, 1.807) is 6.20 Å². The van der Waals surface area contributed by atoms with Crippen LogP contribution in [0, 0.1) is 5.92 Å². The fourth-order valence-corrected chi connectivity index (χ4v) is 1.47. The summed E-state index contributed by atoms with van der Waals surface area (Å²) in [5.41, 5.74) is 0. The van der Waals surface area contributed by atoms with E-state index in [-0.39, 0.29) is 0 Å². The van der Waals surface area contributed by atoms with Crippen LogP contribution in [0.4, 0.5) is 5.82 Å². The quantitative estimate of drug-likeness (QED) is 0.858. The number of anilines is 1. The van der Waals surface area contributed by atoms with Gasteiger partial charge in [0, 0.05) is 12.7 Å². The molecule has 0 atom stereocenters. The number of nitrogens with zero attached hydrogens (tertiary/aromatic N) is 1. The van der Waals surface area contributed by atoms with Crippen LogP contribution in [0.5, 0.6) is 0 Å². The van der Waals surface area contributed by atoms with Crippen LogP contribution in [0.2, 0.25) is 0 Å². The smallest absolute Gasteiger partial charge is 0.140 e. The third-order valence-electron chi connectivity index (χ3n) is 2.01. The van der Waals surface area contributed by atoms with Crippen molar-refractivity contribution in [3.05, 3.63) is 22.8 Å². The minimum absolute atomic E-state index is 0.888. The predicted molar refractivity (Wildman–Crippen MR) is 53.2 cm³/mol. The fraction of sp³-hybridized carbons (Fsp3) is 0.444. The van der Waals surface area contributed by atoms with Crippen LogP contribution in [0.25, 0.3) is 0 Å². The van der Waals surface area contributed by atoms with Crippen LogP contribution in [0.1, 0.15) is 12.8 Å². The van der Waals surface area contributed by atoms with Gasteiger partial charge in [-0.3, -0.25) is 0 Å². The minimum atomic E-state index is 0.888. The first-order valence-corrected chi connectivity index (χ1v) is 5.00. The molecule has 0 saturated heterocycles. The number of pyridine rings is 1. The lowest BCUT2D eigenvalue weighted by molar-refractivity contribution is 0.882. The van der Waals surface area contributed by atoms with Crippen molar-refractivity contribution in [2.45, 2.75) is 12.8 Å². The predicted octanol–water partition coefficient (Wildman–Crippen LogP) is 2.67. The van der Waals surface area contributed by atoms with Gasteiger partial charge in [-0.2, -0.15) is 0 Å². The molecule has 0 amide bonds. The van der Waals surface area contributed by atoms with Crippen molar-refractivity contribution in [1.29, 1.82) is 0 Å². The highest BCUT2D eigenvalue weighted by Crippen LogP contribution is 2.29. The zero-order valence-electron chi connectivity index (χ0n) is 6.76. The Labute approximate surface area is 80.5 Å². The van der Waals surface area contributed by atoms with Gasteiger partial charge in [0.15, 0.2) is 0 Å². The van der Waals surface area contributed by atoms with E-state index in [0.29, 0.717) is 0 Å². The van der Waals surface area contributed by atoms with E-state index >= 15 is 0 Å². The van der Waals surface area contributed by atoms with Crippen molar-refractivity contribution in [1.82, 2.24) is 4.98 Å². The summed E-state index contributed by atoms with van der Waals surface area (Å²) in [5.74, 6) is 1.85. The lowest BCUT2D eigenvalue weighted by Gasteiger charge is -2.04. The molecule has 1 heterocycles. The van der Waals surface area contributed by atoms with E-state index in [9.17, 15) is 0 Å². The second-order valence-corrected chi connectivity index (χ2v) is 4.01. The Bertz CT molecular complexity index is 271. The van der Waals surface area contributed by atoms with Crippen molar-refractivity contribution >= 4 is 21.7 Å². The molecule has 1 fully saturated rings. The molecule has 2 rings (SSSR count). The van der Waals surface area contributed by atoms with Crippen molar-refractivity contribution < 1.29 is 0 Å². The summed E-state index contributed by atoms with van der Waals surface area (Å²) in [5, 5.41) is 3.32. The highest BCUT2D eigenvalue weighted by atomic mass is 79.9. The molecule has 0 bridgehead atoms. The number of hydrogen-bond acceptors (Lipinski definition) is 2. The van der Waals surface area contributed by atoms with Crippen molar-refractivity contribution in [3.8, 4) is 0 Å². The van der Waals surface area contributed by atoms with Crippen molar-refractivity contribution in [3.63, 3.8) is 0 Å². The molecule has 1 aliphatic carbocycles. The highest BCUT2D eigenvalue weighted by Gasteiger charge is 2.20. The first-order chi connectivity index (χ1) is 5.86. The fourth-order valence-electron chi connectivity index (χ4n) is 1.08. The van der Waals surface area contributed by atoms with Gasteiger partial charge in [-0.05, 0) is 46.8 Å². The summed E-state index contributed by atoms with van der Waals surface area (Å²) in [7, 11) is 0. The molecule has 1 aliphatic rings. The summed E-state index contributed by atoms with van der Waals surface area (Å²) >= 11 is 3.44. The normalized spacial score (nSPS) is 16.1. The van der Waals surface area contributed by atoms with E-state index < -0.39 is 0 Å². The zero-order chi connectivity index (χ0) is 8.39. The van der Waals surface area contributed by atoms with Gasteiger partial charge >= 0.3 is 0 Å². The summed E-state index contributed by atoms with van der Waals surface area (Å²) in [6.07, 6.45) is 4.55. The molecule has 0 radical (unpaired) electrons. The van der Waals surface area contributed by atoms with Gasteiger partial charge in [-0.1, -0.05) is 0 Å². The van der Waals surface area contributed by atoms with Crippen LogP contribution < -0.4 is 5.32 Å². The Morgan fingerprint density at radius 1 is 1.58 bits per heavy atom. The molecular weight excluding hydrogens is 216 g/mol. The van der Waals surface area contributed by atoms with E-state index in [4.69, 9.17) is 0 Å². The molecular formula is C9H11BrN2. The highest BCUT2D eigenvalue weighted by molar-refractivity contribution is 9.10. The minimum Gasteiger partial charge on any atom is -0.369 e. The third-order valence-corrected chi connectivity index (χ3v) is 2.65. The number of nitrogens with one attached hydrogen (secondary N) is 1. The summed E-state index contributed by atoms with van der Waals surface area (Å²) in [6, 6.07) is 3.93. The second-order valence-electron chi connectivity index (χ2n) is 3.16. The van der Waals surface area contributed by atoms with Crippen LogP contribution in [0.3, 0.4) is 0 Å². The van der Waals surface area contributed by atoms with Gasteiger partial charge < -0.3 is 5.32 Å². The number of hydrogen-bond donors (Lipinski definition) is 1. The molecule has 0 spiro atoms. The van der Waals surface area contributed by atoms with E-state index in [1.807, 2.05) is 12.1 Å². The van der Waals surface area contributed by atoms with Crippen LogP contribution in [-0.4, -0.2) is 11.5 Å². The Kier molecular flexibility index (Phi) is 2.30. The summed E-state index contributed by atoms with van der Waals surface area (Å²) in [6.45, 7) is 1.07. The Hall–Kier alpha value is -0.570. The molecule has 1 aromatic heterocycles. The van der Waals surface area contributed by atoms with Gasteiger partial charge in [-0.15, -0.1) is 0 Å². The molecule has 64 valence electrons. The van der Waals surface area contributed by atoms with E-state index in [1.165, 1.54) is 12.8 Å². The summed E-state index contributed by atoms with van der Waals surface area (Å²) in [4.78, 5) is 4.22. The van der Waals surface area contributed by atoms with Gasteiger partial charge in [-0.25, -0.2) is 4.98 Å². The number of halogens is 1. The Balaban J connectivity index is 1.96. The lowest BCUT2D eigenvalue weighted by atomic mass is 10.4. The second kappa shape index (κ2) is 3.44. The lowest BCUT2D eigenvalue weighted by Crippen LogP contribution is -2.04. The topological polar surface area (TPSA) is 24.9 Å². The van der Waals surface area contributed by atoms with Crippen LogP contribution in [-0.2, 0) is 0 Å². The Morgan fingerprint density at radius 2 is 2.42 bits per heavy atom. The average molecular weight is 227 g/mol. The first-order valence-electron chi connectivity index (χ1n) is 4.20. The molecule has 1 N–H and O–H groups in total. The Morgan fingerprint density at radius 3 is 3.08 bits per heavy atom. The molecule has 0 unspecified atom stereocenters. The molecule has 1 aromatic rings. The molecule has 2 nitrogen and oxygen atoms in total. The van der Waals surface area contributed by atoms with Gasteiger partial charge in [0.25, 0.3) is 0 Å². The van der Waals surface area contributed by atoms with Crippen LogP contribution in [0.15, 0.2) is 22.8 Å². The maximum atomic E-state index is 4.22. The van der Waals surface area contributed by atoms with Gasteiger partial charge in [0.2, 0.25) is 0 Å². The maximum Gasteiger partial charge on any atom is 0.140 e.